The number of ether oxygens (including phenoxy) is 2. The lowest BCUT2D eigenvalue weighted by atomic mass is 10.1. The molecule has 7 heteroatoms. The topological polar surface area (TPSA) is 69.2 Å². The monoisotopic (exact) mass is 456 g/mol. The van der Waals surface area contributed by atoms with Crippen molar-refractivity contribution in [2.75, 3.05) is 11.1 Å². The van der Waals surface area contributed by atoms with E-state index in [-0.39, 0.29) is 0 Å². The molecule has 0 saturated heterocycles. The fourth-order valence-electron chi connectivity index (χ4n) is 3.53. The van der Waals surface area contributed by atoms with Crippen molar-refractivity contribution in [3.8, 4) is 28.6 Å². The Morgan fingerprint density at radius 1 is 0.939 bits per heavy atom. The van der Waals surface area contributed by atoms with E-state index < -0.39 is 6.23 Å². The second-order valence-corrected chi connectivity index (χ2v) is 8.69. The first-order valence-electron chi connectivity index (χ1n) is 11.0. The highest BCUT2D eigenvalue weighted by atomic mass is 32.2. The zero-order chi connectivity index (χ0) is 22.5. The number of unbranched alkanes of at least 4 members (excludes halogenated alkanes) is 1. The highest BCUT2D eigenvalue weighted by Crippen LogP contribution is 2.40. The predicted molar refractivity (Wildman–Crippen MR) is 131 cm³/mol. The van der Waals surface area contributed by atoms with Gasteiger partial charge in [-0.15, -0.1) is 10.2 Å². The van der Waals surface area contributed by atoms with Gasteiger partial charge in [0.15, 0.2) is 11.9 Å². The number of fused-ring (bicyclic) bond motifs is 3. The van der Waals surface area contributed by atoms with Gasteiger partial charge in [0.25, 0.3) is 0 Å². The van der Waals surface area contributed by atoms with Gasteiger partial charge in [-0.1, -0.05) is 73.6 Å². The Balaban J connectivity index is 1.48. The normalized spacial score (nSPS) is 14.3. The molecule has 33 heavy (non-hydrogen) atoms. The molecule has 0 fully saturated rings. The van der Waals surface area contributed by atoms with Crippen molar-refractivity contribution in [1.82, 2.24) is 15.2 Å². The molecular weight excluding hydrogens is 432 g/mol. The second kappa shape index (κ2) is 9.92. The third-order valence-electron chi connectivity index (χ3n) is 5.20. The van der Waals surface area contributed by atoms with Gasteiger partial charge in [0.05, 0.1) is 0 Å². The zero-order valence-corrected chi connectivity index (χ0v) is 19.1. The Bertz CT molecular complexity index is 1240. The van der Waals surface area contributed by atoms with Crippen LogP contribution in [0, 0.1) is 0 Å². The zero-order valence-electron chi connectivity index (χ0n) is 18.3. The summed E-state index contributed by atoms with van der Waals surface area (Å²) >= 11 is 1.60. The number of thioether (sulfide) groups is 1. The van der Waals surface area contributed by atoms with Crippen molar-refractivity contribution in [2.45, 2.75) is 31.1 Å². The molecule has 0 saturated carbocycles. The maximum absolute atomic E-state index is 6.38. The molecule has 1 atom stereocenters. The van der Waals surface area contributed by atoms with Crippen LogP contribution in [0.5, 0.6) is 17.4 Å². The van der Waals surface area contributed by atoms with Crippen LogP contribution in [-0.2, 0) is 0 Å². The number of rotatable bonds is 7. The Hall–Kier alpha value is -3.58. The molecule has 1 aliphatic heterocycles. The first kappa shape index (κ1) is 21.3. The summed E-state index contributed by atoms with van der Waals surface area (Å²) in [5, 5.41) is 12.9. The Kier molecular flexibility index (Phi) is 6.39. The molecule has 0 spiro atoms. The molecule has 6 nitrogen and oxygen atoms in total. The fraction of sp³-hybridized carbons (Fsp3) is 0.192. The van der Waals surface area contributed by atoms with E-state index in [1.165, 1.54) is 0 Å². The van der Waals surface area contributed by atoms with E-state index in [1.807, 2.05) is 78.9 Å². The Morgan fingerprint density at radius 3 is 2.64 bits per heavy atom. The lowest BCUT2D eigenvalue weighted by Gasteiger charge is -2.20. The van der Waals surface area contributed by atoms with E-state index in [2.05, 4.69) is 22.4 Å². The maximum atomic E-state index is 6.38. The highest BCUT2D eigenvalue weighted by Gasteiger charge is 2.26. The van der Waals surface area contributed by atoms with Crippen molar-refractivity contribution in [3.05, 3.63) is 84.4 Å². The molecule has 0 radical (unpaired) electrons. The van der Waals surface area contributed by atoms with E-state index in [0.717, 1.165) is 46.9 Å². The van der Waals surface area contributed by atoms with E-state index in [0.29, 0.717) is 16.7 Å². The number of benzene rings is 3. The number of hydrogen-bond acceptors (Lipinski definition) is 7. The van der Waals surface area contributed by atoms with Gasteiger partial charge < -0.3 is 14.8 Å². The third kappa shape index (κ3) is 4.93. The van der Waals surface area contributed by atoms with Crippen LogP contribution >= 0.6 is 11.8 Å². The van der Waals surface area contributed by atoms with Crippen LogP contribution in [0.3, 0.4) is 0 Å². The SMILES string of the molecule is CCCCSc1nnc2c(n1)OC(c1cccc(Oc3ccccc3)c1)Nc1ccccc1-2. The molecule has 2 heterocycles. The summed E-state index contributed by atoms with van der Waals surface area (Å²) < 4.78 is 12.4. The van der Waals surface area contributed by atoms with E-state index in [9.17, 15) is 0 Å². The summed E-state index contributed by atoms with van der Waals surface area (Å²) in [5.74, 6) is 2.94. The van der Waals surface area contributed by atoms with Gasteiger partial charge in [0.1, 0.15) is 11.5 Å². The minimum Gasteiger partial charge on any atom is -0.457 e. The number of nitrogens with one attached hydrogen (secondary N) is 1. The molecule has 1 aromatic heterocycles. The van der Waals surface area contributed by atoms with Crippen LogP contribution in [0.15, 0.2) is 84.0 Å². The highest BCUT2D eigenvalue weighted by molar-refractivity contribution is 7.99. The average molecular weight is 457 g/mol. The van der Waals surface area contributed by atoms with Crippen molar-refractivity contribution in [1.29, 1.82) is 0 Å². The average Bonchev–Trinajstić information content (AvgIpc) is 3.02. The van der Waals surface area contributed by atoms with Gasteiger partial charge >= 0.3 is 0 Å². The molecule has 4 aromatic rings. The van der Waals surface area contributed by atoms with Crippen LogP contribution in [0.4, 0.5) is 5.69 Å². The van der Waals surface area contributed by atoms with Crippen molar-refractivity contribution < 1.29 is 9.47 Å². The molecule has 0 aliphatic carbocycles. The van der Waals surface area contributed by atoms with Crippen molar-refractivity contribution in [2.24, 2.45) is 0 Å². The summed E-state index contributed by atoms with van der Waals surface area (Å²) in [6.07, 6.45) is 1.77. The third-order valence-corrected chi connectivity index (χ3v) is 6.13. The van der Waals surface area contributed by atoms with Gasteiger partial charge in [-0.3, -0.25) is 0 Å². The number of hydrogen-bond donors (Lipinski definition) is 1. The first-order valence-corrected chi connectivity index (χ1v) is 12.0. The summed E-state index contributed by atoms with van der Waals surface area (Å²) in [7, 11) is 0. The van der Waals surface area contributed by atoms with Gasteiger partial charge in [-0.05, 0) is 36.8 Å². The summed E-state index contributed by atoms with van der Waals surface area (Å²) in [5.41, 5.74) is 3.39. The molecule has 0 amide bonds. The number of anilines is 1. The Morgan fingerprint density at radius 2 is 1.76 bits per heavy atom. The summed E-state index contributed by atoms with van der Waals surface area (Å²) in [4.78, 5) is 4.71. The Labute approximate surface area is 197 Å². The standard InChI is InChI=1S/C26H24N4O2S/c1-2-3-16-33-26-28-25-23(29-30-26)21-14-7-8-15-22(21)27-24(32-25)18-10-9-13-20(17-18)31-19-11-5-4-6-12-19/h4-15,17,24,27H,2-3,16H2,1H3. The van der Waals surface area contributed by atoms with Gasteiger partial charge in [0.2, 0.25) is 11.0 Å². The van der Waals surface area contributed by atoms with E-state index in [4.69, 9.17) is 14.5 Å². The van der Waals surface area contributed by atoms with Gasteiger partial charge in [-0.25, -0.2) is 0 Å². The minimum atomic E-state index is -0.461. The molecule has 1 unspecified atom stereocenters. The predicted octanol–water partition coefficient (Wildman–Crippen LogP) is 6.73. The molecule has 5 rings (SSSR count). The van der Waals surface area contributed by atoms with Crippen molar-refractivity contribution in [3.63, 3.8) is 0 Å². The maximum Gasteiger partial charge on any atom is 0.247 e. The number of para-hydroxylation sites is 2. The molecular formula is C26H24N4O2S. The van der Waals surface area contributed by atoms with Crippen molar-refractivity contribution >= 4 is 17.4 Å². The molecule has 1 N–H and O–H groups in total. The molecule has 3 aromatic carbocycles. The fourth-order valence-corrected chi connectivity index (χ4v) is 4.39. The van der Waals surface area contributed by atoms with E-state index >= 15 is 0 Å². The largest absolute Gasteiger partial charge is 0.457 e. The molecule has 1 aliphatic rings. The lowest BCUT2D eigenvalue weighted by molar-refractivity contribution is 0.225. The quantitative estimate of drug-likeness (QED) is 0.244. The number of aromatic nitrogens is 3. The first-order chi connectivity index (χ1) is 16.3. The second-order valence-electron chi connectivity index (χ2n) is 7.63. The van der Waals surface area contributed by atoms with Crippen LogP contribution in [-0.4, -0.2) is 20.9 Å². The van der Waals surface area contributed by atoms with Crippen LogP contribution in [0.2, 0.25) is 0 Å². The number of nitrogens with zero attached hydrogens (tertiary/aromatic N) is 3. The van der Waals surface area contributed by atoms with Gasteiger partial charge in [-0.2, -0.15) is 4.98 Å². The van der Waals surface area contributed by atoms with Gasteiger partial charge in [0, 0.05) is 22.6 Å². The smallest absolute Gasteiger partial charge is 0.247 e. The molecule has 166 valence electrons. The molecule has 0 bridgehead atoms. The summed E-state index contributed by atoms with van der Waals surface area (Å²) in [6, 6.07) is 25.6. The van der Waals surface area contributed by atoms with Crippen LogP contribution in [0.25, 0.3) is 11.3 Å². The van der Waals surface area contributed by atoms with Crippen LogP contribution < -0.4 is 14.8 Å². The van der Waals surface area contributed by atoms with E-state index in [1.54, 1.807) is 11.8 Å². The minimum absolute atomic E-state index is 0.461. The summed E-state index contributed by atoms with van der Waals surface area (Å²) in [6.45, 7) is 2.17. The van der Waals surface area contributed by atoms with Crippen LogP contribution in [0.1, 0.15) is 31.6 Å². The lowest BCUT2D eigenvalue weighted by Crippen LogP contribution is -2.17.